The van der Waals surface area contributed by atoms with Crippen LogP contribution in [0.5, 0.6) is 0 Å². The number of hydrogen-bond donors (Lipinski definition) is 1. The van der Waals surface area contributed by atoms with Crippen LogP contribution in [-0.2, 0) is 16.6 Å². The summed E-state index contributed by atoms with van der Waals surface area (Å²) in [6, 6.07) is 3.72. The molecule has 1 aliphatic rings. The molecule has 0 spiro atoms. The van der Waals surface area contributed by atoms with Crippen molar-refractivity contribution in [2.75, 3.05) is 11.9 Å². The molecule has 1 fully saturated rings. The maximum atomic E-state index is 12.5. The molecule has 112 valence electrons. The average molecular weight is 288 g/mol. The summed E-state index contributed by atoms with van der Waals surface area (Å²) in [4.78, 5) is 21.2. The zero-order valence-electron chi connectivity index (χ0n) is 12.4. The SMILES string of the molecule is CC[C@@H]1OCCC[C@@H]1C(=O)Nc1nc2cccnc2n1C. The first-order valence-corrected chi connectivity index (χ1v) is 7.40. The van der Waals surface area contributed by atoms with Crippen molar-refractivity contribution < 1.29 is 9.53 Å². The Hall–Kier alpha value is -1.95. The van der Waals surface area contributed by atoms with Crippen LogP contribution in [0.4, 0.5) is 5.95 Å². The number of amides is 1. The molecule has 1 aliphatic heterocycles. The lowest BCUT2D eigenvalue weighted by atomic mass is 9.92. The van der Waals surface area contributed by atoms with Crippen molar-refractivity contribution in [1.82, 2.24) is 14.5 Å². The van der Waals surface area contributed by atoms with Gasteiger partial charge in [0.25, 0.3) is 0 Å². The van der Waals surface area contributed by atoms with E-state index in [9.17, 15) is 4.79 Å². The van der Waals surface area contributed by atoms with Gasteiger partial charge < -0.3 is 4.74 Å². The summed E-state index contributed by atoms with van der Waals surface area (Å²) < 4.78 is 7.49. The van der Waals surface area contributed by atoms with Gasteiger partial charge in [0.2, 0.25) is 11.9 Å². The Morgan fingerprint density at radius 3 is 3.19 bits per heavy atom. The van der Waals surface area contributed by atoms with Gasteiger partial charge in [0.1, 0.15) is 5.52 Å². The molecule has 2 aromatic rings. The number of rotatable bonds is 3. The second-order valence-corrected chi connectivity index (χ2v) is 5.40. The van der Waals surface area contributed by atoms with Crippen molar-refractivity contribution in [3.63, 3.8) is 0 Å². The predicted molar refractivity (Wildman–Crippen MR) is 79.9 cm³/mol. The Balaban J connectivity index is 1.81. The molecule has 6 heteroatoms. The van der Waals surface area contributed by atoms with Gasteiger partial charge in [-0.25, -0.2) is 9.97 Å². The summed E-state index contributed by atoms with van der Waals surface area (Å²) in [5.74, 6) is 0.422. The van der Waals surface area contributed by atoms with Crippen molar-refractivity contribution in [3.05, 3.63) is 18.3 Å². The zero-order valence-corrected chi connectivity index (χ0v) is 12.4. The molecule has 0 aromatic carbocycles. The van der Waals surface area contributed by atoms with Gasteiger partial charge in [-0.1, -0.05) is 6.92 Å². The third kappa shape index (κ3) is 2.63. The number of aromatic nitrogens is 3. The number of imidazole rings is 1. The van der Waals surface area contributed by atoms with Gasteiger partial charge in [0.05, 0.1) is 12.0 Å². The highest BCUT2D eigenvalue weighted by Gasteiger charge is 2.31. The Morgan fingerprint density at radius 2 is 2.43 bits per heavy atom. The van der Waals surface area contributed by atoms with Crippen LogP contribution in [0.1, 0.15) is 26.2 Å². The Kier molecular flexibility index (Phi) is 3.88. The fraction of sp³-hybridized carbons (Fsp3) is 0.533. The van der Waals surface area contributed by atoms with E-state index >= 15 is 0 Å². The molecule has 0 bridgehead atoms. The Morgan fingerprint density at radius 1 is 1.57 bits per heavy atom. The number of carbonyl (C=O) groups is 1. The van der Waals surface area contributed by atoms with Gasteiger partial charge in [0, 0.05) is 19.9 Å². The van der Waals surface area contributed by atoms with E-state index in [4.69, 9.17) is 4.74 Å². The summed E-state index contributed by atoms with van der Waals surface area (Å²) in [7, 11) is 1.85. The first-order chi connectivity index (χ1) is 10.2. The molecule has 0 radical (unpaired) electrons. The highest BCUT2D eigenvalue weighted by molar-refractivity contribution is 5.93. The van der Waals surface area contributed by atoms with E-state index in [-0.39, 0.29) is 17.9 Å². The molecule has 1 amide bonds. The third-order valence-corrected chi connectivity index (χ3v) is 4.04. The number of anilines is 1. The normalized spacial score (nSPS) is 22.4. The van der Waals surface area contributed by atoms with Crippen LogP contribution in [0, 0.1) is 5.92 Å². The highest BCUT2D eigenvalue weighted by atomic mass is 16.5. The summed E-state index contributed by atoms with van der Waals surface area (Å²) in [5.41, 5.74) is 1.54. The topological polar surface area (TPSA) is 69.0 Å². The summed E-state index contributed by atoms with van der Waals surface area (Å²) in [5, 5.41) is 2.93. The molecule has 0 saturated carbocycles. The fourth-order valence-electron chi connectivity index (χ4n) is 2.88. The van der Waals surface area contributed by atoms with Crippen LogP contribution >= 0.6 is 0 Å². The zero-order chi connectivity index (χ0) is 14.8. The molecule has 2 aromatic heterocycles. The lowest BCUT2D eigenvalue weighted by Gasteiger charge is -2.29. The maximum Gasteiger partial charge on any atom is 0.232 e. The molecule has 6 nitrogen and oxygen atoms in total. The van der Waals surface area contributed by atoms with Gasteiger partial charge in [-0.2, -0.15) is 0 Å². The van der Waals surface area contributed by atoms with Crippen molar-refractivity contribution in [1.29, 1.82) is 0 Å². The van der Waals surface area contributed by atoms with Crippen molar-refractivity contribution >= 4 is 23.0 Å². The molecular weight excluding hydrogens is 268 g/mol. The Bertz CT molecular complexity index is 652. The largest absolute Gasteiger partial charge is 0.377 e. The van der Waals surface area contributed by atoms with E-state index in [1.807, 2.05) is 19.2 Å². The molecule has 21 heavy (non-hydrogen) atoms. The van der Waals surface area contributed by atoms with Crippen molar-refractivity contribution in [2.24, 2.45) is 13.0 Å². The second kappa shape index (κ2) is 5.81. The average Bonchev–Trinajstić information content (AvgIpc) is 2.84. The van der Waals surface area contributed by atoms with Crippen LogP contribution in [0.2, 0.25) is 0 Å². The lowest BCUT2D eigenvalue weighted by molar-refractivity contribution is -0.129. The van der Waals surface area contributed by atoms with E-state index in [0.29, 0.717) is 5.95 Å². The van der Waals surface area contributed by atoms with Gasteiger partial charge >= 0.3 is 0 Å². The van der Waals surface area contributed by atoms with E-state index < -0.39 is 0 Å². The monoisotopic (exact) mass is 288 g/mol. The van der Waals surface area contributed by atoms with Crippen LogP contribution in [0.15, 0.2) is 18.3 Å². The Labute approximate surface area is 123 Å². The standard InChI is InChI=1S/C15H20N4O2/c1-3-12-10(6-5-9-21-12)14(20)18-15-17-11-7-4-8-16-13(11)19(15)2/h4,7-8,10,12H,3,5-6,9H2,1-2H3,(H,17,18,20)/t10-,12-/m0/s1. The fourth-order valence-corrected chi connectivity index (χ4v) is 2.88. The van der Waals surface area contributed by atoms with Crippen LogP contribution in [0.3, 0.4) is 0 Å². The number of fused-ring (bicyclic) bond motifs is 1. The lowest BCUT2D eigenvalue weighted by Crippen LogP contribution is -2.38. The number of nitrogens with zero attached hydrogens (tertiary/aromatic N) is 3. The molecule has 0 unspecified atom stereocenters. The molecule has 3 rings (SSSR count). The number of nitrogens with one attached hydrogen (secondary N) is 1. The quantitative estimate of drug-likeness (QED) is 0.939. The van der Waals surface area contributed by atoms with Crippen molar-refractivity contribution in [3.8, 4) is 0 Å². The molecule has 2 atom stereocenters. The number of hydrogen-bond acceptors (Lipinski definition) is 4. The van der Waals surface area contributed by atoms with Gasteiger partial charge in [-0.05, 0) is 31.4 Å². The minimum absolute atomic E-state index is 0.00607. The van der Waals surface area contributed by atoms with Crippen molar-refractivity contribution in [2.45, 2.75) is 32.3 Å². The van der Waals surface area contributed by atoms with Crippen LogP contribution < -0.4 is 5.32 Å². The first-order valence-electron chi connectivity index (χ1n) is 7.40. The molecular formula is C15H20N4O2. The summed E-state index contributed by atoms with van der Waals surface area (Å²) >= 11 is 0. The number of pyridine rings is 1. The summed E-state index contributed by atoms with van der Waals surface area (Å²) in [6.45, 7) is 2.80. The van der Waals surface area contributed by atoms with Crippen LogP contribution in [0.25, 0.3) is 11.2 Å². The highest BCUT2D eigenvalue weighted by Crippen LogP contribution is 2.25. The van der Waals surface area contributed by atoms with Gasteiger partial charge in [0.15, 0.2) is 5.65 Å². The number of carbonyl (C=O) groups excluding carboxylic acids is 1. The number of aryl methyl sites for hydroxylation is 1. The number of ether oxygens (including phenoxy) is 1. The van der Waals surface area contributed by atoms with Gasteiger partial charge in [-0.15, -0.1) is 0 Å². The van der Waals surface area contributed by atoms with Crippen LogP contribution in [-0.4, -0.2) is 33.2 Å². The molecule has 3 heterocycles. The third-order valence-electron chi connectivity index (χ3n) is 4.04. The second-order valence-electron chi connectivity index (χ2n) is 5.40. The molecule has 1 saturated heterocycles. The van der Waals surface area contributed by atoms with E-state index in [1.54, 1.807) is 10.8 Å². The van der Waals surface area contributed by atoms with Gasteiger partial charge in [-0.3, -0.25) is 14.7 Å². The minimum atomic E-state index is -0.100. The maximum absolute atomic E-state index is 12.5. The summed E-state index contributed by atoms with van der Waals surface area (Å²) in [6.07, 6.45) is 4.37. The minimum Gasteiger partial charge on any atom is -0.377 e. The molecule has 1 N–H and O–H groups in total. The molecule has 0 aliphatic carbocycles. The first kappa shape index (κ1) is 14.0. The van der Waals surface area contributed by atoms with E-state index in [1.165, 1.54) is 0 Å². The smallest absolute Gasteiger partial charge is 0.232 e. The van der Waals surface area contributed by atoms with E-state index in [2.05, 4.69) is 22.2 Å². The predicted octanol–water partition coefficient (Wildman–Crippen LogP) is 2.11. The van der Waals surface area contributed by atoms with E-state index in [0.717, 1.165) is 37.0 Å².